The van der Waals surface area contributed by atoms with E-state index in [4.69, 9.17) is 10.5 Å². The maximum atomic E-state index is 10.0. The minimum absolute atomic E-state index is 0.411. The molecule has 0 radical (unpaired) electrons. The number of nitrogens with two attached hydrogens (primary N) is 1. The van der Waals surface area contributed by atoms with E-state index in [0.717, 1.165) is 30.5 Å². The number of nitrogens with zero attached hydrogens (tertiary/aromatic N) is 2. The summed E-state index contributed by atoms with van der Waals surface area (Å²) in [6, 6.07) is 6.27. The van der Waals surface area contributed by atoms with E-state index < -0.39 is 5.60 Å². The smallest absolute Gasteiger partial charge is 0.201 e. The van der Waals surface area contributed by atoms with Crippen molar-refractivity contribution in [2.45, 2.75) is 57.8 Å². The lowest BCUT2D eigenvalue weighted by molar-refractivity contribution is 0.0633. The third-order valence-corrected chi connectivity index (χ3v) is 4.17. The molecule has 0 spiro atoms. The average molecular weight is 303 g/mol. The Morgan fingerprint density at radius 3 is 2.95 bits per heavy atom. The summed E-state index contributed by atoms with van der Waals surface area (Å²) in [5.41, 5.74) is 8.31. The third kappa shape index (κ3) is 3.42. The minimum atomic E-state index is -0.819. The van der Waals surface area contributed by atoms with Gasteiger partial charge in [0, 0.05) is 6.61 Å². The van der Waals surface area contributed by atoms with Gasteiger partial charge in [-0.1, -0.05) is 6.07 Å². The van der Waals surface area contributed by atoms with Crippen LogP contribution < -0.4 is 5.73 Å². The van der Waals surface area contributed by atoms with Gasteiger partial charge < -0.3 is 20.1 Å². The second-order valence-corrected chi connectivity index (χ2v) is 6.87. The van der Waals surface area contributed by atoms with Gasteiger partial charge in [0.1, 0.15) is 0 Å². The van der Waals surface area contributed by atoms with E-state index in [-0.39, 0.29) is 0 Å². The van der Waals surface area contributed by atoms with Gasteiger partial charge in [-0.3, -0.25) is 0 Å². The van der Waals surface area contributed by atoms with Gasteiger partial charge in [-0.05, 0) is 57.2 Å². The minimum Gasteiger partial charge on any atom is -0.389 e. The Bertz CT molecular complexity index is 652. The lowest BCUT2D eigenvalue weighted by atomic mass is 10.0. The maximum absolute atomic E-state index is 10.0. The van der Waals surface area contributed by atoms with Crippen molar-refractivity contribution < 1.29 is 9.84 Å². The van der Waals surface area contributed by atoms with E-state index in [0.29, 0.717) is 18.6 Å². The van der Waals surface area contributed by atoms with Gasteiger partial charge in [0.05, 0.1) is 29.3 Å². The maximum Gasteiger partial charge on any atom is 0.201 e. The molecular weight excluding hydrogens is 278 g/mol. The van der Waals surface area contributed by atoms with Crippen molar-refractivity contribution in [3.05, 3.63) is 23.8 Å². The van der Waals surface area contributed by atoms with Gasteiger partial charge in [0.15, 0.2) is 0 Å². The van der Waals surface area contributed by atoms with Gasteiger partial charge in [-0.15, -0.1) is 0 Å². The molecule has 1 fully saturated rings. The van der Waals surface area contributed by atoms with Crippen LogP contribution in [0, 0.1) is 0 Å². The molecule has 2 heterocycles. The zero-order valence-electron chi connectivity index (χ0n) is 13.4. The Labute approximate surface area is 131 Å². The van der Waals surface area contributed by atoms with Crippen molar-refractivity contribution in [3.63, 3.8) is 0 Å². The molecule has 120 valence electrons. The fourth-order valence-corrected chi connectivity index (χ4v) is 3.10. The van der Waals surface area contributed by atoms with Crippen LogP contribution in [-0.4, -0.2) is 33.0 Å². The van der Waals surface area contributed by atoms with Crippen LogP contribution in [0.15, 0.2) is 18.2 Å². The van der Waals surface area contributed by atoms with Crippen LogP contribution >= 0.6 is 0 Å². The molecule has 3 N–H and O–H groups in total. The van der Waals surface area contributed by atoms with Gasteiger partial charge in [-0.2, -0.15) is 0 Å². The number of rotatable bonds is 5. The van der Waals surface area contributed by atoms with E-state index in [1.54, 1.807) is 13.8 Å². The second-order valence-electron chi connectivity index (χ2n) is 6.87. The molecule has 0 amide bonds. The summed E-state index contributed by atoms with van der Waals surface area (Å²) < 4.78 is 7.55. The molecule has 0 bridgehead atoms. The van der Waals surface area contributed by atoms with Crippen LogP contribution in [0.4, 0.5) is 5.95 Å². The Hall–Kier alpha value is -1.59. The number of aromatic nitrogens is 2. The number of nitrogen functional groups attached to an aromatic ring is 1. The van der Waals surface area contributed by atoms with E-state index in [1.807, 2.05) is 4.57 Å². The van der Waals surface area contributed by atoms with Crippen molar-refractivity contribution in [2.75, 3.05) is 12.3 Å². The van der Waals surface area contributed by atoms with Crippen LogP contribution in [0.5, 0.6) is 0 Å². The normalized spacial score (nSPS) is 19.1. The number of aliphatic hydroxyl groups is 1. The fourth-order valence-electron chi connectivity index (χ4n) is 3.10. The molecule has 1 saturated heterocycles. The summed E-state index contributed by atoms with van der Waals surface area (Å²) in [7, 11) is 0. The van der Waals surface area contributed by atoms with Gasteiger partial charge in [0.25, 0.3) is 0 Å². The molecular formula is C17H25N3O2. The van der Waals surface area contributed by atoms with Crippen molar-refractivity contribution >= 4 is 17.0 Å². The summed E-state index contributed by atoms with van der Waals surface area (Å²) in [6.45, 7) is 4.88. The molecule has 1 aromatic carbocycles. The third-order valence-electron chi connectivity index (χ3n) is 4.17. The van der Waals surface area contributed by atoms with E-state index in [2.05, 4.69) is 23.2 Å². The Balaban J connectivity index is 1.78. The highest BCUT2D eigenvalue weighted by atomic mass is 16.5. The average Bonchev–Trinajstić information content (AvgIpc) is 3.04. The van der Waals surface area contributed by atoms with E-state index in [1.165, 1.54) is 18.4 Å². The predicted molar refractivity (Wildman–Crippen MR) is 87.7 cm³/mol. The number of anilines is 1. The van der Waals surface area contributed by atoms with Crippen LogP contribution in [0.25, 0.3) is 11.0 Å². The van der Waals surface area contributed by atoms with Crippen molar-refractivity contribution in [1.29, 1.82) is 0 Å². The van der Waals surface area contributed by atoms with Crippen LogP contribution in [0.1, 0.15) is 38.7 Å². The Morgan fingerprint density at radius 1 is 1.45 bits per heavy atom. The number of fused-ring (bicyclic) bond motifs is 1. The van der Waals surface area contributed by atoms with Crippen molar-refractivity contribution in [1.82, 2.24) is 9.55 Å². The largest absolute Gasteiger partial charge is 0.389 e. The second kappa shape index (κ2) is 5.89. The number of aryl methyl sites for hydroxylation is 1. The molecule has 0 saturated carbocycles. The summed E-state index contributed by atoms with van der Waals surface area (Å²) in [5, 5.41) is 10.0. The zero-order valence-corrected chi connectivity index (χ0v) is 13.4. The molecule has 1 aromatic heterocycles. The summed E-state index contributed by atoms with van der Waals surface area (Å²) >= 11 is 0. The Morgan fingerprint density at radius 2 is 2.27 bits per heavy atom. The standard InChI is InChI=1S/C17H25N3O2/c1-17(2,21)11-20-15-8-6-12(10-14(15)19-16(20)18)5-7-13-4-3-9-22-13/h6,8,10,13,21H,3-5,7,9,11H2,1-2H3,(H2,18,19)/t13-/m0/s1. The summed E-state index contributed by atoms with van der Waals surface area (Å²) in [5.74, 6) is 0.452. The molecule has 1 aliphatic rings. The molecule has 22 heavy (non-hydrogen) atoms. The molecule has 3 rings (SSSR count). The molecule has 1 atom stereocenters. The lowest BCUT2D eigenvalue weighted by Gasteiger charge is -2.19. The molecule has 5 nitrogen and oxygen atoms in total. The van der Waals surface area contributed by atoms with Gasteiger partial charge >= 0.3 is 0 Å². The topological polar surface area (TPSA) is 73.3 Å². The predicted octanol–water partition coefficient (Wildman–Crippen LogP) is 2.50. The molecule has 5 heteroatoms. The Kier molecular flexibility index (Phi) is 4.10. The first-order chi connectivity index (χ1) is 10.4. The summed E-state index contributed by atoms with van der Waals surface area (Å²) in [6.07, 6.45) is 4.83. The highest BCUT2D eigenvalue weighted by molar-refractivity contribution is 5.79. The quantitative estimate of drug-likeness (QED) is 0.890. The molecule has 2 aromatic rings. The number of hydrogen-bond donors (Lipinski definition) is 2. The van der Waals surface area contributed by atoms with Crippen molar-refractivity contribution in [3.8, 4) is 0 Å². The number of benzene rings is 1. The van der Waals surface area contributed by atoms with Crippen LogP contribution in [-0.2, 0) is 17.7 Å². The van der Waals surface area contributed by atoms with Crippen molar-refractivity contribution in [2.24, 2.45) is 0 Å². The first kappa shape index (κ1) is 15.3. The zero-order chi connectivity index (χ0) is 15.7. The number of hydrogen-bond acceptors (Lipinski definition) is 4. The SMILES string of the molecule is CC(C)(O)Cn1c(N)nc2cc(CC[C@@H]3CCCO3)ccc21. The van der Waals surface area contributed by atoms with Crippen LogP contribution in [0.2, 0.25) is 0 Å². The lowest BCUT2D eigenvalue weighted by Crippen LogP contribution is -2.26. The molecule has 0 aliphatic carbocycles. The first-order valence-corrected chi connectivity index (χ1v) is 8.01. The van der Waals surface area contributed by atoms with Crippen LogP contribution in [0.3, 0.4) is 0 Å². The van der Waals surface area contributed by atoms with E-state index in [9.17, 15) is 5.11 Å². The fraction of sp³-hybridized carbons (Fsp3) is 0.588. The molecule has 1 aliphatic heterocycles. The monoisotopic (exact) mass is 303 g/mol. The summed E-state index contributed by atoms with van der Waals surface area (Å²) in [4.78, 5) is 4.44. The number of imidazole rings is 1. The first-order valence-electron chi connectivity index (χ1n) is 8.01. The highest BCUT2D eigenvalue weighted by Crippen LogP contribution is 2.23. The van der Waals surface area contributed by atoms with Gasteiger partial charge in [-0.25, -0.2) is 4.98 Å². The molecule has 0 unspecified atom stereocenters. The van der Waals surface area contributed by atoms with Gasteiger partial charge in [0.2, 0.25) is 5.95 Å². The highest BCUT2D eigenvalue weighted by Gasteiger charge is 2.19. The number of ether oxygens (including phenoxy) is 1. The van der Waals surface area contributed by atoms with E-state index >= 15 is 0 Å².